The fraction of sp³-hybridized carbons (Fsp3) is 0.533. The number of nitrogens with zero attached hydrogens (tertiary/aromatic N) is 2. The molecule has 1 fully saturated rings. The second-order valence-electron chi connectivity index (χ2n) is 5.68. The van der Waals surface area contributed by atoms with Crippen molar-refractivity contribution in [2.45, 2.75) is 45.4 Å². The van der Waals surface area contributed by atoms with Crippen LogP contribution in [0.15, 0.2) is 5.38 Å². The Bertz CT molecular complexity index is 690. The number of aryl methyl sites for hydroxylation is 1. The van der Waals surface area contributed by atoms with Gasteiger partial charge in [-0.15, -0.1) is 22.7 Å². The largest absolute Gasteiger partial charge is 0.386 e. The van der Waals surface area contributed by atoms with Crippen LogP contribution in [-0.2, 0) is 11.2 Å². The van der Waals surface area contributed by atoms with Crippen molar-refractivity contribution in [3.8, 4) is 10.6 Å². The van der Waals surface area contributed by atoms with Crippen LogP contribution < -0.4 is 0 Å². The van der Waals surface area contributed by atoms with Gasteiger partial charge in [0.1, 0.15) is 28.1 Å². The van der Waals surface area contributed by atoms with E-state index in [1.165, 1.54) is 22.7 Å². The van der Waals surface area contributed by atoms with Crippen LogP contribution in [0.4, 0.5) is 4.39 Å². The Morgan fingerprint density at radius 2 is 2.23 bits per heavy atom. The van der Waals surface area contributed by atoms with E-state index in [2.05, 4.69) is 9.97 Å². The minimum Gasteiger partial charge on any atom is -0.386 e. The number of carbonyl (C=O) groups excluding carboxylic acids is 1. The normalized spacial score (nSPS) is 22.4. The van der Waals surface area contributed by atoms with Gasteiger partial charge < -0.3 is 5.11 Å². The van der Waals surface area contributed by atoms with Crippen molar-refractivity contribution in [1.82, 2.24) is 9.97 Å². The number of thiazole rings is 2. The highest BCUT2D eigenvalue weighted by molar-refractivity contribution is 7.16. The standard InChI is InChI=1S/C15H17FN2O2S2/c1-7-14(22-15(17-7)8(2)19)11-6-21-13(18-11)5-12(20)9-3-10(16)4-9/h6,8-10,19H,3-5H2,1-2H3. The molecule has 1 aliphatic rings. The van der Waals surface area contributed by atoms with E-state index in [0.717, 1.165) is 21.3 Å². The van der Waals surface area contributed by atoms with E-state index in [4.69, 9.17) is 0 Å². The Hall–Kier alpha value is -1.18. The maximum Gasteiger partial charge on any atom is 0.142 e. The highest BCUT2D eigenvalue weighted by Gasteiger charge is 2.34. The maximum atomic E-state index is 12.8. The molecule has 1 unspecified atom stereocenters. The zero-order valence-electron chi connectivity index (χ0n) is 12.4. The summed E-state index contributed by atoms with van der Waals surface area (Å²) in [5, 5.41) is 12.9. The third kappa shape index (κ3) is 3.11. The number of hydrogen-bond donors (Lipinski definition) is 1. The number of aliphatic hydroxyl groups excluding tert-OH is 1. The highest BCUT2D eigenvalue weighted by atomic mass is 32.1. The van der Waals surface area contributed by atoms with Crippen LogP contribution in [-0.4, -0.2) is 27.0 Å². The Morgan fingerprint density at radius 1 is 1.50 bits per heavy atom. The molecule has 7 heteroatoms. The van der Waals surface area contributed by atoms with Gasteiger partial charge in [0.15, 0.2) is 0 Å². The summed E-state index contributed by atoms with van der Waals surface area (Å²) in [7, 11) is 0. The molecule has 0 bridgehead atoms. The molecule has 1 N–H and O–H groups in total. The van der Waals surface area contributed by atoms with Gasteiger partial charge >= 0.3 is 0 Å². The molecule has 3 rings (SSSR count). The van der Waals surface area contributed by atoms with E-state index in [1.807, 2.05) is 12.3 Å². The molecule has 0 radical (unpaired) electrons. The van der Waals surface area contributed by atoms with Crippen LogP contribution in [0.5, 0.6) is 0 Å². The first-order valence-corrected chi connectivity index (χ1v) is 8.90. The fourth-order valence-electron chi connectivity index (χ4n) is 2.43. The van der Waals surface area contributed by atoms with Crippen molar-refractivity contribution in [3.63, 3.8) is 0 Å². The number of Topliss-reactive ketones (excluding diaryl/α,β-unsaturated/α-hetero) is 1. The quantitative estimate of drug-likeness (QED) is 0.905. The van der Waals surface area contributed by atoms with Crippen LogP contribution >= 0.6 is 22.7 Å². The minimum absolute atomic E-state index is 0.0838. The Labute approximate surface area is 136 Å². The summed E-state index contributed by atoms with van der Waals surface area (Å²) in [4.78, 5) is 21.8. The Kier molecular flexibility index (Phi) is 4.38. The molecule has 4 nitrogen and oxygen atoms in total. The minimum atomic E-state index is -0.806. The molecule has 0 aliphatic heterocycles. The number of aromatic nitrogens is 2. The summed E-state index contributed by atoms with van der Waals surface area (Å²) < 4.78 is 12.8. The second-order valence-corrected chi connectivity index (χ2v) is 7.65. The van der Waals surface area contributed by atoms with Crippen molar-refractivity contribution >= 4 is 28.5 Å². The Morgan fingerprint density at radius 3 is 2.82 bits per heavy atom. The molecule has 1 aliphatic carbocycles. The van der Waals surface area contributed by atoms with Gasteiger partial charge in [-0.3, -0.25) is 4.79 Å². The van der Waals surface area contributed by atoms with Crippen molar-refractivity contribution < 1.29 is 14.3 Å². The van der Waals surface area contributed by atoms with Crippen molar-refractivity contribution in [2.24, 2.45) is 5.92 Å². The van der Waals surface area contributed by atoms with Crippen molar-refractivity contribution in [2.75, 3.05) is 0 Å². The van der Waals surface area contributed by atoms with E-state index < -0.39 is 12.3 Å². The van der Waals surface area contributed by atoms with Crippen LogP contribution in [0.2, 0.25) is 0 Å². The van der Waals surface area contributed by atoms with E-state index in [0.29, 0.717) is 17.8 Å². The molecule has 0 amide bonds. The highest BCUT2D eigenvalue weighted by Crippen LogP contribution is 2.35. The number of rotatable bonds is 5. The van der Waals surface area contributed by atoms with Gasteiger partial charge in [0.05, 0.1) is 22.7 Å². The molecular formula is C15H17FN2O2S2. The van der Waals surface area contributed by atoms with Crippen molar-refractivity contribution in [3.05, 3.63) is 21.1 Å². The topological polar surface area (TPSA) is 63.1 Å². The molecule has 118 valence electrons. The average Bonchev–Trinajstić information content (AvgIpc) is 3.01. The molecule has 2 aromatic heterocycles. The number of carbonyl (C=O) groups is 1. The molecule has 2 aromatic rings. The SMILES string of the molecule is Cc1nc(C(C)O)sc1-c1csc(CC(=O)C2CC(F)C2)n1. The van der Waals surface area contributed by atoms with Crippen LogP contribution in [0.3, 0.4) is 0 Å². The zero-order valence-corrected chi connectivity index (χ0v) is 14.0. The van der Waals surface area contributed by atoms with Gasteiger partial charge in [-0.25, -0.2) is 14.4 Å². The van der Waals surface area contributed by atoms with Gasteiger partial charge in [0, 0.05) is 11.3 Å². The maximum absolute atomic E-state index is 12.8. The van der Waals surface area contributed by atoms with Gasteiger partial charge in [-0.05, 0) is 26.7 Å². The molecule has 0 spiro atoms. The molecule has 1 atom stereocenters. The number of alkyl halides is 1. The third-order valence-corrected chi connectivity index (χ3v) is 6.02. The first-order chi connectivity index (χ1) is 10.4. The summed E-state index contributed by atoms with van der Waals surface area (Å²) in [6, 6.07) is 0. The summed E-state index contributed by atoms with van der Waals surface area (Å²) in [6.07, 6.45) is -0.391. The summed E-state index contributed by atoms with van der Waals surface area (Å²) in [6.45, 7) is 3.57. The second kappa shape index (κ2) is 6.14. The predicted octanol–water partition coefficient (Wildman–Crippen LogP) is 3.49. The first-order valence-electron chi connectivity index (χ1n) is 7.21. The van der Waals surface area contributed by atoms with E-state index in [1.54, 1.807) is 6.92 Å². The van der Waals surface area contributed by atoms with E-state index in [9.17, 15) is 14.3 Å². The predicted molar refractivity (Wildman–Crippen MR) is 84.9 cm³/mol. The fourth-order valence-corrected chi connectivity index (χ4v) is 4.27. The number of halogens is 1. The summed E-state index contributed by atoms with van der Waals surface area (Å²) in [5.74, 6) is -0.0465. The van der Waals surface area contributed by atoms with E-state index >= 15 is 0 Å². The van der Waals surface area contributed by atoms with Crippen LogP contribution in [0.1, 0.15) is 41.6 Å². The monoisotopic (exact) mass is 340 g/mol. The van der Waals surface area contributed by atoms with Crippen LogP contribution in [0, 0.1) is 12.8 Å². The smallest absolute Gasteiger partial charge is 0.142 e. The molecule has 0 aromatic carbocycles. The lowest BCUT2D eigenvalue weighted by atomic mass is 9.79. The van der Waals surface area contributed by atoms with Gasteiger partial charge in [-0.1, -0.05) is 0 Å². The molecule has 22 heavy (non-hydrogen) atoms. The zero-order chi connectivity index (χ0) is 15.9. The number of hydrogen-bond acceptors (Lipinski definition) is 6. The van der Waals surface area contributed by atoms with Crippen molar-refractivity contribution in [1.29, 1.82) is 0 Å². The number of ketones is 1. The summed E-state index contributed by atoms with van der Waals surface area (Å²) in [5.41, 5.74) is 1.63. The Balaban J connectivity index is 1.72. The molecule has 0 saturated heterocycles. The summed E-state index contributed by atoms with van der Waals surface area (Å²) >= 11 is 2.87. The van der Waals surface area contributed by atoms with Gasteiger partial charge in [-0.2, -0.15) is 0 Å². The van der Waals surface area contributed by atoms with Crippen LogP contribution in [0.25, 0.3) is 10.6 Å². The molecule has 1 saturated carbocycles. The first kappa shape index (κ1) is 15.7. The lowest BCUT2D eigenvalue weighted by Gasteiger charge is -2.27. The average molecular weight is 340 g/mol. The number of aliphatic hydroxyl groups is 1. The molecular weight excluding hydrogens is 323 g/mol. The molecule has 2 heterocycles. The van der Waals surface area contributed by atoms with E-state index in [-0.39, 0.29) is 18.1 Å². The lowest BCUT2D eigenvalue weighted by Crippen LogP contribution is -2.32. The van der Waals surface area contributed by atoms with Gasteiger partial charge in [0.2, 0.25) is 0 Å². The third-order valence-electron chi connectivity index (χ3n) is 3.82. The lowest BCUT2D eigenvalue weighted by molar-refractivity contribution is -0.126. The van der Waals surface area contributed by atoms with Gasteiger partial charge in [0.25, 0.3) is 0 Å².